The smallest absolute Gasteiger partial charge is 0.169 e. The third-order valence-electron chi connectivity index (χ3n) is 17.5. The van der Waals surface area contributed by atoms with Crippen molar-refractivity contribution in [1.82, 2.24) is 9.80 Å². The minimum absolute atomic E-state index is 0.863. The third kappa shape index (κ3) is 15.4. The fraction of sp³-hybridized carbons (Fsp3) is 0.329. The first kappa shape index (κ1) is 59.4. The Morgan fingerprint density at radius 3 is 0.895 bits per heavy atom. The molecular formula is C79H88N7+. The normalized spacial score (nSPS) is 16.8. The summed E-state index contributed by atoms with van der Waals surface area (Å²) in [6, 6.07) is 30.6. The predicted octanol–water partition coefficient (Wildman–Crippen LogP) is 19.3. The van der Waals surface area contributed by atoms with Crippen LogP contribution in [-0.2, 0) is 6.54 Å². The van der Waals surface area contributed by atoms with E-state index in [1.807, 2.05) is 0 Å². The van der Waals surface area contributed by atoms with Gasteiger partial charge in [0.25, 0.3) is 0 Å². The summed E-state index contributed by atoms with van der Waals surface area (Å²) < 4.78 is 2.31. The molecule has 0 saturated heterocycles. The molecule has 0 spiro atoms. The molecule has 0 saturated carbocycles. The highest BCUT2D eigenvalue weighted by atomic mass is 15.1. The Morgan fingerprint density at radius 2 is 0.581 bits per heavy atom. The van der Waals surface area contributed by atoms with Crippen LogP contribution in [0.3, 0.4) is 0 Å². The molecule has 0 fully saturated rings. The maximum Gasteiger partial charge on any atom is 0.169 e. The summed E-state index contributed by atoms with van der Waals surface area (Å²) in [7, 11) is 0. The molecule has 11 rings (SSSR count). The number of pyridine rings is 1. The van der Waals surface area contributed by atoms with E-state index >= 15 is 0 Å². The quantitative estimate of drug-likeness (QED) is 0.0441. The summed E-state index contributed by atoms with van der Waals surface area (Å²) in [5.74, 6) is 0. The first-order valence-electron chi connectivity index (χ1n) is 32.6. The van der Waals surface area contributed by atoms with Crippen molar-refractivity contribution in [1.29, 1.82) is 0 Å². The predicted molar refractivity (Wildman–Crippen MR) is 365 cm³/mol. The van der Waals surface area contributed by atoms with Gasteiger partial charge in [0.15, 0.2) is 12.4 Å². The summed E-state index contributed by atoms with van der Waals surface area (Å²) in [6.07, 6.45) is 65.5. The van der Waals surface area contributed by atoms with Crippen LogP contribution >= 0.6 is 0 Å². The molecule has 7 heteroatoms. The lowest BCUT2D eigenvalue weighted by atomic mass is 9.97. The van der Waals surface area contributed by atoms with Crippen molar-refractivity contribution in [3.63, 3.8) is 0 Å². The second-order valence-electron chi connectivity index (χ2n) is 24.3. The molecule has 8 heterocycles. The zero-order valence-corrected chi connectivity index (χ0v) is 51.7. The highest BCUT2D eigenvalue weighted by Gasteiger charge is 2.28. The number of hydrogen-bond donors (Lipinski definition) is 0. The van der Waals surface area contributed by atoms with Gasteiger partial charge in [0.1, 0.15) is 6.54 Å². The van der Waals surface area contributed by atoms with E-state index in [4.69, 9.17) is 20.0 Å². The molecule has 7 aliphatic heterocycles. The van der Waals surface area contributed by atoms with Crippen LogP contribution in [0.15, 0.2) is 249 Å². The van der Waals surface area contributed by atoms with Crippen molar-refractivity contribution in [3.8, 4) is 0 Å². The summed E-state index contributed by atoms with van der Waals surface area (Å²) in [5.41, 5.74) is 21.2. The molecule has 0 amide bonds. The van der Waals surface area contributed by atoms with E-state index in [0.29, 0.717) is 0 Å². The van der Waals surface area contributed by atoms with Crippen LogP contribution in [0.5, 0.6) is 0 Å². The molecule has 3 aromatic carbocycles. The van der Waals surface area contributed by atoms with E-state index in [1.54, 1.807) is 0 Å². The molecule has 0 atom stereocenters. The van der Waals surface area contributed by atoms with E-state index in [-0.39, 0.29) is 0 Å². The molecule has 86 heavy (non-hydrogen) atoms. The monoisotopic (exact) mass is 1130 g/mol. The molecule has 0 N–H and O–H groups in total. The van der Waals surface area contributed by atoms with Crippen LogP contribution in [0.25, 0.3) is 22.3 Å². The molecule has 438 valence electrons. The Morgan fingerprint density at radius 1 is 0.302 bits per heavy atom. The number of rotatable bonds is 27. The zero-order valence-electron chi connectivity index (χ0n) is 51.7. The van der Waals surface area contributed by atoms with Gasteiger partial charge in [-0.15, -0.1) is 0 Å². The van der Waals surface area contributed by atoms with E-state index in [9.17, 15) is 0 Å². The second kappa shape index (κ2) is 29.7. The van der Waals surface area contributed by atoms with Crippen molar-refractivity contribution in [2.75, 3.05) is 13.1 Å². The molecule has 7 nitrogen and oxygen atoms in total. The lowest BCUT2D eigenvalue weighted by Gasteiger charge is -2.22. The lowest BCUT2D eigenvalue weighted by Crippen LogP contribution is -2.32. The maximum absolute atomic E-state index is 5.51. The SMILES string of the molecule is CCCCCCCCCCCCCCCCCCN1C=CC(=C2C=CN(CCCCC[n+]3ccc(C4=C5C=CC(=N5)C(c5ccc(C)cc5)=C5C=CC(=N5)C(c5ccc(C)cc5)=C5C=CC(=N5)C(c5ccc(C)cc5)=C5C=CC4=N5)cc3)C=C2)C=C1. The highest BCUT2D eigenvalue weighted by Crippen LogP contribution is 2.39. The van der Waals surface area contributed by atoms with Crippen LogP contribution < -0.4 is 4.57 Å². The molecular weight excluding hydrogens is 1050 g/mol. The maximum atomic E-state index is 5.51. The Kier molecular flexibility index (Phi) is 20.5. The van der Waals surface area contributed by atoms with Crippen LogP contribution in [0.4, 0.5) is 0 Å². The van der Waals surface area contributed by atoms with Crippen LogP contribution in [0.1, 0.15) is 168 Å². The molecule has 0 unspecified atom stereocenters. The number of unbranched alkanes of at least 4 members (excludes halogenated alkanes) is 17. The standard InChI is InChI=1S/C79H88N7/c1-5-6-7-8-9-10-11-12-13-14-15-16-17-18-19-21-50-84-53-44-62(45-54-84)63-46-55-85(56-47-63)51-22-20-23-52-86-57-48-67(49-58-86)79-74-42-40-72(82-74)77(65-32-26-60(3)27-33-65)70-38-36-68(80-70)76(64-30-24-59(2)25-31-64)69-37-39-71(81-69)78(73-41-43-75(79)83-73)66-34-28-61(4)29-35-66/h24-49,53-58H,5-23,50-52H2,1-4H3/q+1. The molecule has 8 bridgehead atoms. The van der Waals surface area contributed by atoms with Crippen molar-refractivity contribution in [2.24, 2.45) is 20.0 Å². The van der Waals surface area contributed by atoms with Crippen molar-refractivity contribution >= 4 is 45.1 Å². The molecule has 7 aliphatic rings. The van der Waals surface area contributed by atoms with Gasteiger partial charge in [-0.05, 0) is 146 Å². The van der Waals surface area contributed by atoms with Gasteiger partial charge in [0.05, 0.1) is 45.6 Å². The van der Waals surface area contributed by atoms with Crippen LogP contribution in [0, 0.1) is 20.8 Å². The number of allylic oxidation sites excluding steroid dienone is 18. The highest BCUT2D eigenvalue weighted by molar-refractivity contribution is 6.39. The first-order chi connectivity index (χ1) is 42.3. The Labute approximate surface area is 514 Å². The number of aliphatic imine (C=N–C) groups is 4. The number of nitrogens with zero attached hydrogens (tertiary/aromatic N) is 7. The number of benzene rings is 3. The van der Waals surface area contributed by atoms with E-state index < -0.39 is 0 Å². The van der Waals surface area contributed by atoms with Crippen molar-refractivity contribution < 1.29 is 4.57 Å². The summed E-state index contributed by atoms with van der Waals surface area (Å²) >= 11 is 0. The average molecular weight is 1140 g/mol. The Bertz CT molecular complexity index is 3560. The Hall–Kier alpha value is -8.29. The minimum atomic E-state index is 0.863. The van der Waals surface area contributed by atoms with Gasteiger partial charge in [-0.1, -0.05) is 193 Å². The fourth-order valence-electron chi connectivity index (χ4n) is 12.4. The fourth-order valence-corrected chi connectivity index (χ4v) is 12.4. The number of fused-ring (bicyclic) bond motifs is 4. The van der Waals surface area contributed by atoms with E-state index in [1.165, 1.54) is 131 Å². The van der Waals surface area contributed by atoms with Crippen molar-refractivity contribution in [3.05, 3.63) is 268 Å². The van der Waals surface area contributed by atoms with Gasteiger partial charge in [-0.25, -0.2) is 24.5 Å². The van der Waals surface area contributed by atoms with Gasteiger partial charge in [-0.3, -0.25) is 0 Å². The second-order valence-corrected chi connectivity index (χ2v) is 24.3. The van der Waals surface area contributed by atoms with E-state index in [0.717, 1.165) is 129 Å². The van der Waals surface area contributed by atoms with Gasteiger partial charge in [0.2, 0.25) is 0 Å². The van der Waals surface area contributed by atoms with Crippen LogP contribution in [-0.4, -0.2) is 45.7 Å². The number of hydrogen-bond acceptors (Lipinski definition) is 6. The summed E-state index contributed by atoms with van der Waals surface area (Å²) in [5, 5.41) is 0. The average Bonchev–Trinajstić information content (AvgIpc) is 3.92. The molecule has 0 radical (unpaired) electrons. The third-order valence-corrected chi connectivity index (χ3v) is 17.5. The zero-order chi connectivity index (χ0) is 58.9. The summed E-state index contributed by atoms with van der Waals surface area (Å²) in [6.45, 7) is 11.7. The lowest BCUT2D eigenvalue weighted by molar-refractivity contribution is -0.697. The van der Waals surface area contributed by atoms with Gasteiger partial charge < -0.3 is 9.80 Å². The molecule has 0 aliphatic carbocycles. The molecule has 1 aromatic heterocycles. The topological polar surface area (TPSA) is 59.8 Å². The largest absolute Gasteiger partial charge is 0.354 e. The Balaban J connectivity index is 0.719. The number of aromatic nitrogens is 1. The van der Waals surface area contributed by atoms with Crippen molar-refractivity contribution in [2.45, 2.75) is 156 Å². The van der Waals surface area contributed by atoms with Crippen LogP contribution in [0.2, 0.25) is 0 Å². The molecule has 4 aromatic rings. The number of aryl methyl sites for hydroxylation is 4. The van der Waals surface area contributed by atoms with Gasteiger partial charge in [0, 0.05) is 78.7 Å². The van der Waals surface area contributed by atoms with E-state index in [2.05, 4.69) is 237 Å². The van der Waals surface area contributed by atoms with Gasteiger partial charge in [-0.2, -0.15) is 0 Å². The minimum Gasteiger partial charge on any atom is -0.354 e. The summed E-state index contributed by atoms with van der Waals surface area (Å²) in [4.78, 5) is 26.6. The first-order valence-corrected chi connectivity index (χ1v) is 32.6. The van der Waals surface area contributed by atoms with Gasteiger partial charge >= 0.3 is 0 Å².